The van der Waals surface area contributed by atoms with Crippen molar-refractivity contribution < 1.29 is 9.90 Å². The molecule has 0 spiro atoms. The Bertz CT molecular complexity index is 115. The first-order valence-electron chi connectivity index (χ1n) is 4.58. The zero-order valence-electron chi connectivity index (χ0n) is 9.14. The molecule has 0 rings (SSSR count). The third-order valence-corrected chi connectivity index (χ3v) is 0.848. The number of hydrogen-bond donors (Lipinski definition) is 1. The molecule has 0 aromatic heterocycles. The highest BCUT2D eigenvalue weighted by Gasteiger charge is 1.94. The summed E-state index contributed by atoms with van der Waals surface area (Å²) in [5, 5.41) is 8.24. The van der Waals surface area contributed by atoms with Crippen LogP contribution in [0.2, 0.25) is 0 Å². The van der Waals surface area contributed by atoms with E-state index in [4.69, 9.17) is 5.11 Å². The first-order valence-corrected chi connectivity index (χ1v) is 4.58. The Morgan fingerprint density at radius 3 is 1.67 bits per heavy atom. The average Bonchev–Trinajstić information content (AvgIpc) is 2.12. The molecule has 0 aliphatic rings. The van der Waals surface area contributed by atoms with Gasteiger partial charge in [-0.3, -0.25) is 0 Å². The van der Waals surface area contributed by atoms with Crippen LogP contribution in [0.25, 0.3) is 0 Å². The van der Waals surface area contributed by atoms with Crippen molar-refractivity contribution in [2.45, 2.75) is 48.0 Å². The van der Waals surface area contributed by atoms with E-state index in [1.165, 1.54) is 0 Å². The molecular weight excluding hydrogens is 152 g/mol. The number of allylic oxidation sites excluding steroid dienone is 1. The standard InChI is InChI=1S/C6H10O2.2C2H6/c1-3-4-5(2)6(7)8;2*1-2/h4H,3H2,1-2H3,(H,7,8);2*1-2H3/b5-4-;;. The zero-order chi connectivity index (χ0) is 10.6. The maximum Gasteiger partial charge on any atom is 0.330 e. The zero-order valence-corrected chi connectivity index (χ0v) is 9.14. The molecule has 0 radical (unpaired) electrons. The van der Waals surface area contributed by atoms with Crippen LogP contribution in [0.5, 0.6) is 0 Å². The maximum atomic E-state index is 10.0. The van der Waals surface area contributed by atoms with E-state index in [-0.39, 0.29) is 0 Å². The van der Waals surface area contributed by atoms with Crippen LogP contribution < -0.4 is 0 Å². The highest BCUT2D eigenvalue weighted by molar-refractivity contribution is 5.85. The average molecular weight is 174 g/mol. The normalized spacial score (nSPS) is 8.67. The van der Waals surface area contributed by atoms with E-state index in [2.05, 4.69) is 0 Å². The molecule has 0 bridgehead atoms. The smallest absolute Gasteiger partial charge is 0.330 e. The van der Waals surface area contributed by atoms with Crippen LogP contribution in [-0.2, 0) is 4.79 Å². The quantitative estimate of drug-likeness (QED) is 0.651. The van der Waals surface area contributed by atoms with E-state index in [1.54, 1.807) is 13.0 Å². The van der Waals surface area contributed by atoms with Crippen molar-refractivity contribution in [3.05, 3.63) is 11.6 Å². The van der Waals surface area contributed by atoms with Gasteiger partial charge in [-0.15, -0.1) is 0 Å². The second-order valence-corrected chi connectivity index (χ2v) is 1.60. The van der Waals surface area contributed by atoms with Crippen LogP contribution in [0, 0.1) is 0 Å². The summed E-state index contributed by atoms with van der Waals surface area (Å²) in [7, 11) is 0. The molecule has 0 saturated heterocycles. The molecule has 0 saturated carbocycles. The van der Waals surface area contributed by atoms with E-state index >= 15 is 0 Å². The van der Waals surface area contributed by atoms with Gasteiger partial charge < -0.3 is 5.11 Å². The third kappa shape index (κ3) is 16.1. The van der Waals surface area contributed by atoms with E-state index in [1.807, 2.05) is 34.6 Å². The van der Waals surface area contributed by atoms with Crippen molar-refractivity contribution in [3.8, 4) is 0 Å². The Morgan fingerprint density at radius 2 is 1.58 bits per heavy atom. The van der Waals surface area contributed by atoms with Crippen LogP contribution in [-0.4, -0.2) is 11.1 Å². The van der Waals surface area contributed by atoms with Crippen LogP contribution in [0.3, 0.4) is 0 Å². The first kappa shape index (κ1) is 17.3. The summed E-state index contributed by atoms with van der Waals surface area (Å²) in [4.78, 5) is 10.0. The molecule has 12 heavy (non-hydrogen) atoms. The molecule has 0 heterocycles. The van der Waals surface area contributed by atoms with E-state index in [9.17, 15) is 4.79 Å². The lowest BCUT2D eigenvalue weighted by molar-refractivity contribution is -0.132. The fraction of sp³-hybridized carbons (Fsp3) is 0.700. The minimum absolute atomic E-state index is 0.424. The van der Waals surface area contributed by atoms with Crippen LogP contribution in [0.4, 0.5) is 0 Å². The molecule has 0 amide bonds. The molecular formula is C10H22O2. The molecule has 2 nitrogen and oxygen atoms in total. The van der Waals surface area contributed by atoms with Crippen molar-refractivity contribution >= 4 is 5.97 Å². The van der Waals surface area contributed by atoms with Crippen molar-refractivity contribution in [1.82, 2.24) is 0 Å². The van der Waals surface area contributed by atoms with Crippen molar-refractivity contribution in [3.63, 3.8) is 0 Å². The van der Waals surface area contributed by atoms with Gasteiger partial charge in [0.2, 0.25) is 0 Å². The van der Waals surface area contributed by atoms with Crippen LogP contribution in [0.1, 0.15) is 48.0 Å². The highest BCUT2D eigenvalue weighted by atomic mass is 16.4. The third-order valence-electron chi connectivity index (χ3n) is 0.848. The topological polar surface area (TPSA) is 37.3 Å². The van der Waals surface area contributed by atoms with Gasteiger partial charge in [0.05, 0.1) is 0 Å². The fourth-order valence-electron chi connectivity index (χ4n) is 0.393. The maximum absolute atomic E-state index is 10.0. The van der Waals surface area contributed by atoms with Crippen molar-refractivity contribution in [2.75, 3.05) is 0 Å². The molecule has 74 valence electrons. The molecule has 0 aromatic carbocycles. The molecule has 0 fully saturated rings. The summed E-state index contributed by atoms with van der Waals surface area (Å²) in [5.41, 5.74) is 0.424. The van der Waals surface area contributed by atoms with E-state index in [0.717, 1.165) is 6.42 Å². The number of hydrogen-bond acceptors (Lipinski definition) is 1. The summed E-state index contributed by atoms with van der Waals surface area (Å²) in [5.74, 6) is -0.827. The van der Waals surface area contributed by atoms with Gasteiger partial charge in [0, 0.05) is 5.57 Å². The predicted molar refractivity (Wildman–Crippen MR) is 54.4 cm³/mol. The van der Waals surface area contributed by atoms with Crippen molar-refractivity contribution in [2.24, 2.45) is 0 Å². The largest absolute Gasteiger partial charge is 0.478 e. The first-order chi connectivity index (χ1) is 5.68. The molecule has 2 heteroatoms. The monoisotopic (exact) mass is 174 g/mol. The van der Waals surface area contributed by atoms with Gasteiger partial charge >= 0.3 is 5.97 Å². The summed E-state index contributed by atoms with van der Waals surface area (Å²) < 4.78 is 0. The summed E-state index contributed by atoms with van der Waals surface area (Å²) in [6.45, 7) is 11.5. The number of carbonyl (C=O) groups is 1. The highest BCUT2D eigenvalue weighted by Crippen LogP contribution is 1.92. The molecule has 0 aliphatic heterocycles. The van der Waals surface area contributed by atoms with Crippen molar-refractivity contribution in [1.29, 1.82) is 0 Å². The lowest BCUT2D eigenvalue weighted by Gasteiger charge is -1.87. The van der Waals surface area contributed by atoms with Gasteiger partial charge in [-0.2, -0.15) is 0 Å². The Labute approximate surface area is 76.3 Å². The molecule has 0 aromatic rings. The van der Waals surface area contributed by atoms with Gasteiger partial charge in [0.15, 0.2) is 0 Å². The Balaban J connectivity index is -0.000000175. The Kier molecular flexibility index (Phi) is 24.1. The van der Waals surface area contributed by atoms with Gasteiger partial charge in [0.1, 0.15) is 0 Å². The summed E-state index contributed by atoms with van der Waals surface area (Å²) >= 11 is 0. The number of carboxylic acids is 1. The van der Waals surface area contributed by atoms with Gasteiger partial charge in [0.25, 0.3) is 0 Å². The number of rotatable bonds is 2. The molecule has 1 N–H and O–H groups in total. The molecule has 0 unspecified atom stereocenters. The van der Waals surface area contributed by atoms with E-state index in [0.29, 0.717) is 5.57 Å². The van der Waals surface area contributed by atoms with Crippen LogP contribution in [0.15, 0.2) is 11.6 Å². The second kappa shape index (κ2) is 16.7. The summed E-state index contributed by atoms with van der Waals surface area (Å²) in [6.07, 6.45) is 2.47. The lowest BCUT2D eigenvalue weighted by Crippen LogP contribution is -1.94. The predicted octanol–water partition coefficient (Wildman–Crippen LogP) is 3.48. The molecule has 0 atom stereocenters. The van der Waals surface area contributed by atoms with Gasteiger partial charge in [-0.05, 0) is 13.3 Å². The second-order valence-electron chi connectivity index (χ2n) is 1.60. The fourth-order valence-corrected chi connectivity index (χ4v) is 0.393. The molecule has 0 aliphatic carbocycles. The van der Waals surface area contributed by atoms with Gasteiger partial charge in [-0.1, -0.05) is 40.7 Å². The lowest BCUT2D eigenvalue weighted by atomic mass is 10.2. The SMILES string of the molecule is CC.CC.CC/C=C(/C)C(=O)O. The number of aliphatic carboxylic acids is 1. The van der Waals surface area contributed by atoms with E-state index < -0.39 is 5.97 Å². The van der Waals surface area contributed by atoms with Crippen LogP contribution >= 0.6 is 0 Å². The van der Waals surface area contributed by atoms with Gasteiger partial charge in [-0.25, -0.2) is 4.79 Å². The minimum Gasteiger partial charge on any atom is -0.478 e. The number of carboxylic acid groups (broad SMARTS) is 1. The Morgan fingerprint density at radius 1 is 1.25 bits per heavy atom. The Hall–Kier alpha value is -0.790. The summed E-state index contributed by atoms with van der Waals surface area (Å²) in [6, 6.07) is 0. The minimum atomic E-state index is -0.827.